The number of hydrogen-bond donors (Lipinski definition) is 3. The van der Waals surface area contributed by atoms with E-state index in [0.717, 1.165) is 36.9 Å². The minimum Gasteiger partial charge on any atom is -0.508 e. The first-order valence-corrected chi connectivity index (χ1v) is 10.1. The van der Waals surface area contributed by atoms with Crippen LogP contribution < -0.4 is 5.32 Å². The van der Waals surface area contributed by atoms with Gasteiger partial charge in [0.1, 0.15) is 5.75 Å². The normalized spacial score (nSPS) is 20.1. The summed E-state index contributed by atoms with van der Waals surface area (Å²) in [4.78, 5) is 0. The molecule has 3 nitrogen and oxygen atoms in total. The van der Waals surface area contributed by atoms with E-state index in [1.54, 1.807) is 0 Å². The summed E-state index contributed by atoms with van der Waals surface area (Å²) in [6.45, 7) is 4.57. The van der Waals surface area contributed by atoms with E-state index in [1.165, 1.54) is 29.9 Å². The molecule has 2 rings (SSSR count). The molecule has 0 bridgehead atoms. The number of phenols is 1. The quantitative estimate of drug-likeness (QED) is 0.580. The predicted molar refractivity (Wildman–Crippen MR) is 101 cm³/mol. The second kappa shape index (κ2) is 9.43. The monoisotopic (exact) mass is 337 g/mol. The number of rotatable bonds is 9. The summed E-state index contributed by atoms with van der Waals surface area (Å²) in [5, 5.41) is 23.2. The number of anilines is 1. The van der Waals surface area contributed by atoms with Gasteiger partial charge in [-0.1, -0.05) is 13.3 Å². The molecule has 0 spiro atoms. The van der Waals surface area contributed by atoms with Crippen LogP contribution in [0.15, 0.2) is 12.1 Å². The fraction of sp³-hybridized carbons (Fsp3) is 0.684. The topological polar surface area (TPSA) is 52.5 Å². The maximum absolute atomic E-state index is 10.5. The zero-order valence-electron chi connectivity index (χ0n) is 14.5. The molecular weight excluding hydrogens is 306 g/mol. The van der Waals surface area contributed by atoms with E-state index in [0.29, 0.717) is 11.8 Å². The van der Waals surface area contributed by atoms with Crippen molar-refractivity contribution in [1.29, 1.82) is 0 Å². The Morgan fingerprint density at radius 1 is 1.26 bits per heavy atom. The number of thioether (sulfide) groups is 1. The van der Waals surface area contributed by atoms with E-state index in [2.05, 4.69) is 25.2 Å². The first-order chi connectivity index (χ1) is 11.2. The van der Waals surface area contributed by atoms with Crippen LogP contribution in [0.1, 0.15) is 63.0 Å². The summed E-state index contributed by atoms with van der Waals surface area (Å²) in [5.74, 6) is 3.10. The van der Waals surface area contributed by atoms with Crippen LogP contribution in [-0.4, -0.2) is 34.4 Å². The molecule has 1 aromatic rings. The molecule has 0 aromatic heterocycles. The molecule has 0 saturated carbocycles. The van der Waals surface area contributed by atoms with Crippen LogP contribution in [0.3, 0.4) is 0 Å². The lowest BCUT2D eigenvalue weighted by molar-refractivity contribution is 0.268. The molecule has 1 aromatic carbocycles. The number of hydrogen-bond acceptors (Lipinski definition) is 4. The molecule has 2 unspecified atom stereocenters. The average molecular weight is 338 g/mol. The zero-order valence-corrected chi connectivity index (χ0v) is 15.3. The highest BCUT2D eigenvalue weighted by atomic mass is 32.2. The lowest BCUT2D eigenvalue weighted by Gasteiger charge is -2.32. The van der Waals surface area contributed by atoms with Crippen LogP contribution in [0.2, 0.25) is 0 Å². The van der Waals surface area contributed by atoms with Gasteiger partial charge >= 0.3 is 0 Å². The van der Waals surface area contributed by atoms with Crippen molar-refractivity contribution in [1.82, 2.24) is 0 Å². The molecule has 2 atom stereocenters. The fourth-order valence-corrected chi connectivity index (χ4v) is 4.45. The third kappa shape index (κ3) is 5.32. The molecule has 0 fully saturated rings. The van der Waals surface area contributed by atoms with Crippen molar-refractivity contribution in [3.8, 4) is 5.75 Å². The van der Waals surface area contributed by atoms with E-state index in [4.69, 9.17) is 0 Å². The molecule has 1 heterocycles. The second-order valence-electron chi connectivity index (χ2n) is 6.64. The summed E-state index contributed by atoms with van der Waals surface area (Å²) in [6, 6.07) is 4.52. The third-order valence-electron chi connectivity index (χ3n) is 4.54. The van der Waals surface area contributed by atoms with Gasteiger partial charge in [0.25, 0.3) is 0 Å². The van der Waals surface area contributed by atoms with Crippen molar-refractivity contribution < 1.29 is 10.2 Å². The highest BCUT2D eigenvalue weighted by molar-refractivity contribution is 7.99. The summed E-state index contributed by atoms with van der Waals surface area (Å²) >= 11 is 2.03. The molecule has 130 valence electrons. The number of benzene rings is 1. The summed E-state index contributed by atoms with van der Waals surface area (Å²) in [5.41, 5.74) is 3.27. The number of phenolic OH excluding ortho intramolecular Hbond substituents is 1. The first-order valence-electron chi connectivity index (χ1n) is 8.96. The maximum Gasteiger partial charge on any atom is 0.121 e. The van der Waals surface area contributed by atoms with Crippen molar-refractivity contribution in [2.24, 2.45) is 0 Å². The Kier molecular flexibility index (Phi) is 7.57. The zero-order chi connectivity index (χ0) is 16.7. The Hall–Kier alpha value is -0.870. The van der Waals surface area contributed by atoms with E-state index >= 15 is 0 Å². The lowest BCUT2D eigenvalue weighted by atomic mass is 9.84. The number of nitrogens with one attached hydrogen (secondary N) is 1. The van der Waals surface area contributed by atoms with E-state index < -0.39 is 0 Å². The van der Waals surface area contributed by atoms with Crippen LogP contribution in [0.4, 0.5) is 5.69 Å². The van der Waals surface area contributed by atoms with Crippen LogP contribution in [0, 0.1) is 0 Å². The fourth-order valence-electron chi connectivity index (χ4n) is 3.40. The summed E-state index contributed by atoms with van der Waals surface area (Å²) < 4.78 is 0. The Morgan fingerprint density at radius 2 is 2.04 bits per heavy atom. The molecule has 1 aliphatic heterocycles. The van der Waals surface area contributed by atoms with Gasteiger partial charge in [0.2, 0.25) is 0 Å². The van der Waals surface area contributed by atoms with Gasteiger partial charge in [0.15, 0.2) is 0 Å². The highest BCUT2D eigenvalue weighted by Gasteiger charge is 2.27. The smallest absolute Gasteiger partial charge is 0.121 e. The molecule has 3 N–H and O–H groups in total. The minimum atomic E-state index is 0.174. The van der Waals surface area contributed by atoms with Crippen molar-refractivity contribution in [3.05, 3.63) is 23.3 Å². The van der Waals surface area contributed by atoms with E-state index in [1.807, 2.05) is 17.8 Å². The molecule has 4 heteroatoms. The number of unbranched alkanes of at least 4 members (excludes halogenated alkanes) is 1. The molecule has 0 aliphatic carbocycles. The molecule has 0 radical (unpaired) electrons. The predicted octanol–water partition coefficient (Wildman–Crippen LogP) is 4.53. The lowest BCUT2D eigenvalue weighted by Crippen LogP contribution is -2.26. The Morgan fingerprint density at radius 3 is 2.78 bits per heavy atom. The Bertz CT molecular complexity index is 493. The van der Waals surface area contributed by atoms with Crippen molar-refractivity contribution in [3.63, 3.8) is 0 Å². The maximum atomic E-state index is 10.5. The number of aromatic hydroxyl groups is 1. The van der Waals surface area contributed by atoms with E-state index in [-0.39, 0.29) is 12.5 Å². The summed E-state index contributed by atoms with van der Waals surface area (Å²) in [6.07, 6.45) is 6.43. The first kappa shape index (κ1) is 18.5. The molecule has 0 saturated heterocycles. The third-order valence-corrected chi connectivity index (χ3v) is 5.69. The average Bonchev–Trinajstić information content (AvgIpc) is 2.50. The van der Waals surface area contributed by atoms with Gasteiger partial charge in [-0.3, -0.25) is 0 Å². The van der Waals surface area contributed by atoms with Crippen molar-refractivity contribution in [2.45, 2.75) is 64.3 Å². The largest absolute Gasteiger partial charge is 0.508 e. The van der Waals surface area contributed by atoms with Crippen molar-refractivity contribution in [2.75, 3.05) is 23.4 Å². The van der Waals surface area contributed by atoms with Gasteiger partial charge in [0, 0.05) is 23.9 Å². The Labute approximate surface area is 144 Å². The van der Waals surface area contributed by atoms with Gasteiger partial charge in [-0.2, -0.15) is 11.8 Å². The molecule has 0 amide bonds. The van der Waals surface area contributed by atoms with E-state index in [9.17, 15) is 10.2 Å². The van der Waals surface area contributed by atoms with Gasteiger partial charge in [-0.25, -0.2) is 0 Å². The molecule has 23 heavy (non-hydrogen) atoms. The minimum absolute atomic E-state index is 0.174. The standard InChI is InChI=1S/C19H31NO2S/c1-3-4-9-23-10-5-6-15-12-17-19(18(22)13-15)16(7-8-21)11-14(2)20-17/h12-14,16,20-22H,3-11H2,1-2H3. The number of fused-ring (bicyclic) bond motifs is 1. The Balaban J connectivity index is 1.99. The molecular formula is C19H31NO2S. The number of aryl methyl sites for hydroxylation is 1. The van der Waals surface area contributed by atoms with Gasteiger partial charge in [-0.05, 0) is 74.1 Å². The molecule has 1 aliphatic rings. The van der Waals surface area contributed by atoms with Gasteiger partial charge in [-0.15, -0.1) is 0 Å². The SMILES string of the molecule is CCCCSCCCc1cc(O)c2c(c1)NC(C)CC2CCO. The van der Waals surface area contributed by atoms with Gasteiger partial charge in [0.05, 0.1) is 0 Å². The van der Waals surface area contributed by atoms with Gasteiger partial charge < -0.3 is 15.5 Å². The van der Waals surface area contributed by atoms with Crippen LogP contribution in [0.25, 0.3) is 0 Å². The van der Waals surface area contributed by atoms with Crippen LogP contribution >= 0.6 is 11.8 Å². The van der Waals surface area contributed by atoms with Crippen molar-refractivity contribution >= 4 is 17.4 Å². The van der Waals surface area contributed by atoms with Crippen LogP contribution in [0.5, 0.6) is 5.75 Å². The summed E-state index contributed by atoms with van der Waals surface area (Å²) in [7, 11) is 0. The van der Waals surface area contributed by atoms with Crippen LogP contribution in [-0.2, 0) is 6.42 Å². The second-order valence-corrected chi connectivity index (χ2v) is 7.86. The number of aliphatic hydroxyl groups excluding tert-OH is 1. The highest BCUT2D eigenvalue weighted by Crippen LogP contribution is 2.42. The number of aliphatic hydroxyl groups is 1.